The molecule has 0 radical (unpaired) electrons. The molecular formula is C21H17F4N3O2. The summed E-state index contributed by atoms with van der Waals surface area (Å²) >= 11 is 0. The van der Waals surface area contributed by atoms with Gasteiger partial charge in [-0.05, 0) is 47.9 Å². The Morgan fingerprint density at radius 3 is 2.47 bits per heavy atom. The van der Waals surface area contributed by atoms with E-state index in [4.69, 9.17) is 5.73 Å². The van der Waals surface area contributed by atoms with Crippen LogP contribution in [0.15, 0.2) is 41.4 Å². The fourth-order valence-corrected chi connectivity index (χ4v) is 3.26. The van der Waals surface area contributed by atoms with Gasteiger partial charge in [-0.15, -0.1) is 0 Å². The molecule has 0 bridgehead atoms. The molecule has 1 aliphatic rings. The lowest BCUT2D eigenvalue weighted by Gasteiger charge is -2.27. The van der Waals surface area contributed by atoms with Crippen LogP contribution in [-0.2, 0) is 10.3 Å². The van der Waals surface area contributed by atoms with Crippen molar-refractivity contribution in [2.75, 3.05) is 13.7 Å². The number of guanidine groups is 1. The van der Waals surface area contributed by atoms with E-state index in [-0.39, 0.29) is 22.8 Å². The molecule has 2 aromatic rings. The predicted octanol–water partition coefficient (Wildman–Crippen LogP) is 3.09. The maximum absolute atomic E-state index is 14.1. The molecule has 0 aromatic heterocycles. The molecule has 0 aliphatic carbocycles. The van der Waals surface area contributed by atoms with E-state index in [1.165, 1.54) is 44.3 Å². The van der Waals surface area contributed by atoms with Crippen molar-refractivity contribution in [3.63, 3.8) is 0 Å². The number of nitrogens with zero attached hydrogens (tertiary/aromatic N) is 2. The van der Waals surface area contributed by atoms with E-state index in [0.717, 1.165) is 11.0 Å². The summed E-state index contributed by atoms with van der Waals surface area (Å²) in [6, 6.07) is 7.92. The molecule has 2 aromatic carbocycles. The quantitative estimate of drug-likeness (QED) is 0.612. The lowest BCUT2D eigenvalue weighted by molar-refractivity contribution is -0.129. The predicted molar refractivity (Wildman–Crippen MR) is 102 cm³/mol. The Bertz CT molecular complexity index is 1090. The van der Waals surface area contributed by atoms with Crippen molar-refractivity contribution in [3.8, 4) is 17.6 Å². The first-order chi connectivity index (χ1) is 14.2. The van der Waals surface area contributed by atoms with Gasteiger partial charge in [-0.2, -0.15) is 8.78 Å². The highest BCUT2D eigenvalue weighted by atomic mass is 19.3. The van der Waals surface area contributed by atoms with Crippen LogP contribution in [0.1, 0.15) is 22.3 Å². The third-order valence-corrected chi connectivity index (χ3v) is 4.72. The molecule has 30 heavy (non-hydrogen) atoms. The van der Waals surface area contributed by atoms with Crippen LogP contribution >= 0.6 is 0 Å². The number of nitrogens with two attached hydrogens (primary N) is 1. The first-order valence-electron chi connectivity index (χ1n) is 8.75. The van der Waals surface area contributed by atoms with Gasteiger partial charge in [0, 0.05) is 7.05 Å². The van der Waals surface area contributed by atoms with Crippen molar-refractivity contribution in [2.45, 2.75) is 19.1 Å². The van der Waals surface area contributed by atoms with Crippen LogP contribution < -0.4 is 10.5 Å². The Labute approximate surface area is 170 Å². The van der Waals surface area contributed by atoms with Crippen LogP contribution in [0.2, 0.25) is 0 Å². The molecule has 2 N–H and O–H groups in total. The number of aliphatic imine (C=N–C) groups is 1. The molecule has 1 unspecified atom stereocenters. The molecule has 0 saturated carbocycles. The largest absolute Gasteiger partial charge is 0.435 e. The second kappa shape index (κ2) is 8.06. The summed E-state index contributed by atoms with van der Waals surface area (Å²) in [4.78, 5) is 18.7. The minimum Gasteiger partial charge on any atom is -0.435 e. The monoisotopic (exact) mass is 419 g/mol. The van der Waals surface area contributed by atoms with Crippen LogP contribution in [0.5, 0.6) is 5.75 Å². The van der Waals surface area contributed by atoms with Gasteiger partial charge in [0.15, 0.2) is 18.2 Å². The number of alkyl halides is 3. The molecule has 1 heterocycles. The van der Waals surface area contributed by atoms with E-state index >= 15 is 0 Å². The Morgan fingerprint density at radius 1 is 1.23 bits per heavy atom. The lowest BCUT2D eigenvalue weighted by Crippen LogP contribution is -2.41. The fourth-order valence-electron chi connectivity index (χ4n) is 3.26. The van der Waals surface area contributed by atoms with Gasteiger partial charge < -0.3 is 10.5 Å². The smallest absolute Gasteiger partial charge is 0.387 e. The van der Waals surface area contributed by atoms with Crippen LogP contribution in [-0.4, -0.2) is 37.1 Å². The van der Waals surface area contributed by atoms with Crippen molar-refractivity contribution >= 4 is 11.9 Å². The Balaban J connectivity index is 2.23. The molecule has 1 aliphatic heterocycles. The number of carbonyl (C=O) groups excluding carboxylic acids is 1. The van der Waals surface area contributed by atoms with E-state index in [0.29, 0.717) is 11.1 Å². The standard InChI is InChI=1S/C21H17F4N3O2/c1-12-10-14(6-8-17(12)30-19(24)25)21(18(29)28(2)20(26)27-21)15-5-7-16(23)13(11-15)4-3-9-22/h5-8,10-11,19H,9H2,1-2H3,(H2,26,27). The third-order valence-electron chi connectivity index (χ3n) is 4.72. The molecule has 0 fully saturated rings. The van der Waals surface area contributed by atoms with Crippen molar-refractivity contribution < 1.29 is 27.1 Å². The SMILES string of the molecule is Cc1cc(C2(c3ccc(F)c(C#CCF)c3)N=C(N)N(C)C2=O)ccc1OC(F)F. The number of rotatable bonds is 4. The van der Waals surface area contributed by atoms with Crippen LogP contribution in [0.25, 0.3) is 0 Å². The topological polar surface area (TPSA) is 67.9 Å². The van der Waals surface area contributed by atoms with Crippen molar-refractivity contribution in [1.29, 1.82) is 0 Å². The summed E-state index contributed by atoms with van der Waals surface area (Å²) in [6.45, 7) is -2.44. The normalized spacial score (nSPS) is 18.3. The van der Waals surface area contributed by atoms with Gasteiger partial charge in [0.1, 0.15) is 11.6 Å². The molecule has 5 nitrogen and oxygen atoms in total. The Hall–Kier alpha value is -3.54. The summed E-state index contributed by atoms with van der Waals surface area (Å²) < 4.78 is 56.2. The summed E-state index contributed by atoms with van der Waals surface area (Å²) in [7, 11) is 1.43. The second-order valence-corrected chi connectivity index (χ2v) is 6.53. The lowest BCUT2D eigenvalue weighted by atomic mass is 9.81. The van der Waals surface area contributed by atoms with E-state index < -0.39 is 30.5 Å². The maximum atomic E-state index is 14.1. The van der Waals surface area contributed by atoms with Gasteiger partial charge in [0.25, 0.3) is 5.91 Å². The number of benzene rings is 2. The van der Waals surface area contributed by atoms with Gasteiger partial charge in [-0.1, -0.05) is 24.0 Å². The Morgan fingerprint density at radius 2 is 1.90 bits per heavy atom. The summed E-state index contributed by atoms with van der Waals surface area (Å²) in [6.07, 6.45) is 0. The molecule has 0 saturated heterocycles. The van der Waals surface area contributed by atoms with Crippen LogP contribution in [0.3, 0.4) is 0 Å². The second-order valence-electron chi connectivity index (χ2n) is 6.53. The number of ether oxygens (including phenoxy) is 1. The summed E-state index contributed by atoms with van der Waals surface area (Å²) in [5, 5.41) is 0. The zero-order chi connectivity index (χ0) is 22.1. The molecular weight excluding hydrogens is 402 g/mol. The maximum Gasteiger partial charge on any atom is 0.387 e. The fraction of sp³-hybridized carbons (Fsp3) is 0.238. The van der Waals surface area contributed by atoms with E-state index in [2.05, 4.69) is 21.6 Å². The molecule has 3 rings (SSSR count). The van der Waals surface area contributed by atoms with Gasteiger partial charge in [-0.3, -0.25) is 9.69 Å². The van der Waals surface area contributed by atoms with E-state index in [9.17, 15) is 22.4 Å². The summed E-state index contributed by atoms with van der Waals surface area (Å²) in [5.74, 6) is 3.14. The summed E-state index contributed by atoms with van der Waals surface area (Å²) in [5.41, 5.74) is 4.97. The minimum absolute atomic E-state index is 0.0618. The van der Waals surface area contributed by atoms with Gasteiger partial charge in [0.05, 0.1) is 5.56 Å². The Kier molecular flexibility index (Phi) is 5.69. The van der Waals surface area contributed by atoms with Gasteiger partial charge >= 0.3 is 6.61 Å². The first kappa shape index (κ1) is 21.2. The van der Waals surface area contributed by atoms with Gasteiger partial charge in [0.2, 0.25) is 0 Å². The number of hydrogen-bond donors (Lipinski definition) is 1. The van der Waals surface area contributed by atoms with Gasteiger partial charge in [-0.25, -0.2) is 13.8 Å². The highest BCUT2D eigenvalue weighted by Crippen LogP contribution is 2.41. The van der Waals surface area contributed by atoms with E-state index in [1.54, 1.807) is 0 Å². The van der Waals surface area contributed by atoms with Crippen molar-refractivity contribution in [3.05, 3.63) is 64.5 Å². The minimum atomic E-state index is -3.01. The van der Waals surface area contributed by atoms with Crippen LogP contribution in [0, 0.1) is 24.6 Å². The highest BCUT2D eigenvalue weighted by Gasteiger charge is 2.49. The van der Waals surface area contributed by atoms with Crippen LogP contribution in [0.4, 0.5) is 17.6 Å². The number of halogens is 4. The zero-order valence-corrected chi connectivity index (χ0v) is 16.0. The molecule has 0 spiro atoms. The zero-order valence-electron chi connectivity index (χ0n) is 16.0. The molecule has 9 heteroatoms. The average Bonchev–Trinajstić information content (AvgIpc) is 2.93. The number of amides is 1. The number of aryl methyl sites for hydroxylation is 1. The van der Waals surface area contributed by atoms with Crippen molar-refractivity contribution in [2.24, 2.45) is 10.7 Å². The number of hydrogen-bond acceptors (Lipinski definition) is 4. The average molecular weight is 419 g/mol. The molecule has 156 valence electrons. The first-order valence-corrected chi connectivity index (χ1v) is 8.75. The third kappa shape index (κ3) is 3.56. The van der Waals surface area contributed by atoms with Crippen molar-refractivity contribution in [1.82, 2.24) is 4.90 Å². The van der Waals surface area contributed by atoms with E-state index in [1.807, 2.05) is 0 Å². The molecule has 1 amide bonds. The number of likely N-dealkylation sites (N-methyl/N-ethyl adjacent to an activating group) is 1. The highest BCUT2D eigenvalue weighted by molar-refractivity contribution is 6.09. The number of carbonyl (C=O) groups is 1. The molecule has 1 atom stereocenters.